The predicted octanol–water partition coefficient (Wildman–Crippen LogP) is 2.51. The van der Waals surface area contributed by atoms with Gasteiger partial charge >= 0.3 is 5.97 Å². The van der Waals surface area contributed by atoms with Crippen molar-refractivity contribution >= 4 is 15.8 Å². The molecule has 2 N–H and O–H groups in total. The molecule has 6 nitrogen and oxygen atoms in total. The van der Waals surface area contributed by atoms with E-state index in [-0.39, 0.29) is 11.5 Å². The molecule has 1 heterocycles. The van der Waals surface area contributed by atoms with E-state index in [2.05, 4.69) is 24.2 Å². The van der Waals surface area contributed by atoms with Crippen molar-refractivity contribution < 1.29 is 18.3 Å². The quantitative estimate of drug-likeness (QED) is 0.715. The summed E-state index contributed by atoms with van der Waals surface area (Å²) in [6, 6.07) is 13.2. The minimum Gasteiger partial charge on any atom is -0.478 e. The molecule has 1 aliphatic carbocycles. The summed E-state index contributed by atoms with van der Waals surface area (Å²) in [4.78, 5) is 14.3. The summed E-state index contributed by atoms with van der Waals surface area (Å²) in [6.07, 6.45) is 3.89. The summed E-state index contributed by atoms with van der Waals surface area (Å²) in [6.45, 7) is 4.02. The molecule has 1 aliphatic heterocycles. The molecule has 3 atom stereocenters. The van der Waals surface area contributed by atoms with Crippen LogP contribution in [0, 0.1) is 0 Å². The summed E-state index contributed by atoms with van der Waals surface area (Å²) in [7, 11) is -1.02. The van der Waals surface area contributed by atoms with E-state index in [0.717, 1.165) is 43.5 Å². The first kappa shape index (κ1) is 22.0. The van der Waals surface area contributed by atoms with Crippen LogP contribution >= 0.6 is 0 Å². The second-order valence-corrected chi connectivity index (χ2v) is 11.2. The number of hydrogen-bond acceptors (Lipinski definition) is 5. The molecule has 4 rings (SSSR count). The van der Waals surface area contributed by atoms with Crippen molar-refractivity contribution in [3.63, 3.8) is 0 Å². The number of hydrogen-bond donors (Lipinski definition) is 2. The molecule has 1 fully saturated rings. The lowest BCUT2D eigenvalue weighted by atomic mass is 9.61. The molecule has 2 aromatic rings. The Bertz CT molecular complexity index is 1100. The lowest BCUT2D eigenvalue weighted by Gasteiger charge is -2.55. The molecule has 166 valence electrons. The summed E-state index contributed by atoms with van der Waals surface area (Å²) in [5, 5.41) is 13.2. The number of carbonyl (C=O) groups is 1. The zero-order valence-corrected chi connectivity index (χ0v) is 19.1. The van der Waals surface area contributed by atoms with E-state index in [1.165, 1.54) is 11.8 Å². The summed E-state index contributed by atoms with van der Waals surface area (Å²) in [5.74, 6) is -0.886. The van der Waals surface area contributed by atoms with Crippen LogP contribution in [0.15, 0.2) is 47.4 Å². The van der Waals surface area contributed by atoms with E-state index in [0.29, 0.717) is 16.5 Å². The zero-order valence-electron chi connectivity index (χ0n) is 18.3. The Kier molecular flexibility index (Phi) is 5.70. The van der Waals surface area contributed by atoms with Crippen LogP contribution in [-0.2, 0) is 28.1 Å². The van der Waals surface area contributed by atoms with Gasteiger partial charge in [-0.15, -0.1) is 0 Å². The number of carboxylic acids is 1. The number of sulfone groups is 1. The number of nitrogens with zero attached hydrogens (tertiary/aromatic N) is 1. The molecule has 1 saturated heterocycles. The van der Waals surface area contributed by atoms with Crippen molar-refractivity contribution in [2.24, 2.45) is 0 Å². The largest absolute Gasteiger partial charge is 0.478 e. The van der Waals surface area contributed by atoms with Crippen LogP contribution in [0.4, 0.5) is 0 Å². The standard InChI is InChI=1S/C24H30N2O4S/c1-24-11-13-26(2)21(15-17-6-7-18(23(27)28)14-20(17)24)22(24)25-12-10-16-4-8-19(9-5-16)31(3,29)30/h4-9,14,21-22,25H,10-13,15H2,1-3H3,(H,27,28). The highest BCUT2D eigenvalue weighted by molar-refractivity contribution is 7.90. The number of piperidine rings is 1. The molecule has 0 spiro atoms. The fraction of sp³-hybridized carbons (Fsp3) is 0.458. The van der Waals surface area contributed by atoms with E-state index in [4.69, 9.17) is 0 Å². The molecular formula is C24H30N2O4S. The first-order valence-electron chi connectivity index (χ1n) is 10.7. The monoisotopic (exact) mass is 442 g/mol. The molecule has 0 radical (unpaired) electrons. The normalized spacial score (nSPS) is 25.8. The highest BCUT2D eigenvalue weighted by Crippen LogP contribution is 2.44. The highest BCUT2D eigenvalue weighted by atomic mass is 32.2. The summed E-state index contributed by atoms with van der Waals surface area (Å²) in [5.41, 5.74) is 3.72. The smallest absolute Gasteiger partial charge is 0.335 e. The molecule has 2 bridgehead atoms. The van der Waals surface area contributed by atoms with Gasteiger partial charge in [-0.1, -0.05) is 25.1 Å². The van der Waals surface area contributed by atoms with Gasteiger partial charge in [0, 0.05) is 23.8 Å². The number of aromatic carboxylic acids is 1. The van der Waals surface area contributed by atoms with Crippen LogP contribution < -0.4 is 5.32 Å². The van der Waals surface area contributed by atoms with Gasteiger partial charge in [0.25, 0.3) is 0 Å². The molecule has 2 aromatic carbocycles. The van der Waals surface area contributed by atoms with E-state index in [1.54, 1.807) is 18.2 Å². The van der Waals surface area contributed by atoms with Gasteiger partial charge in [0.15, 0.2) is 9.84 Å². The van der Waals surface area contributed by atoms with Crippen molar-refractivity contribution in [3.05, 3.63) is 64.7 Å². The van der Waals surface area contributed by atoms with Crippen LogP contribution in [-0.4, -0.2) is 62.9 Å². The van der Waals surface area contributed by atoms with Gasteiger partial charge in [0.2, 0.25) is 0 Å². The Morgan fingerprint density at radius 2 is 1.94 bits per heavy atom. The maximum Gasteiger partial charge on any atom is 0.335 e. The zero-order chi connectivity index (χ0) is 22.4. The number of benzene rings is 2. The predicted molar refractivity (Wildman–Crippen MR) is 121 cm³/mol. The average molecular weight is 443 g/mol. The molecule has 0 aromatic heterocycles. The lowest BCUT2D eigenvalue weighted by molar-refractivity contribution is 0.0654. The number of carboxylic acid groups (broad SMARTS) is 1. The van der Waals surface area contributed by atoms with E-state index >= 15 is 0 Å². The second kappa shape index (κ2) is 8.04. The number of likely N-dealkylation sites (N-methyl/N-ethyl adjacent to an activating group) is 1. The van der Waals surface area contributed by atoms with Gasteiger partial charge in [-0.2, -0.15) is 0 Å². The maximum absolute atomic E-state index is 11.7. The van der Waals surface area contributed by atoms with Crippen LogP contribution in [0.25, 0.3) is 0 Å². The van der Waals surface area contributed by atoms with Gasteiger partial charge in [-0.3, -0.25) is 0 Å². The number of fused-ring (bicyclic) bond motifs is 4. The van der Waals surface area contributed by atoms with Crippen LogP contribution in [0.3, 0.4) is 0 Å². The second-order valence-electron chi connectivity index (χ2n) is 9.19. The fourth-order valence-corrected chi connectivity index (χ4v) is 5.90. The van der Waals surface area contributed by atoms with Crippen molar-refractivity contribution in [1.82, 2.24) is 10.2 Å². The Hall–Kier alpha value is -2.22. The molecule has 0 saturated carbocycles. The lowest BCUT2D eigenvalue weighted by Crippen LogP contribution is -2.66. The maximum atomic E-state index is 11.7. The van der Waals surface area contributed by atoms with Crippen molar-refractivity contribution in [2.45, 2.75) is 48.6 Å². The van der Waals surface area contributed by atoms with Crippen LogP contribution in [0.2, 0.25) is 0 Å². The summed E-state index contributed by atoms with van der Waals surface area (Å²) < 4.78 is 23.3. The molecule has 0 amide bonds. The fourth-order valence-electron chi connectivity index (χ4n) is 5.27. The van der Waals surface area contributed by atoms with Gasteiger partial charge in [-0.25, -0.2) is 13.2 Å². The van der Waals surface area contributed by atoms with Crippen molar-refractivity contribution in [2.75, 3.05) is 26.4 Å². The third kappa shape index (κ3) is 4.14. The van der Waals surface area contributed by atoms with Gasteiger partial charge in [-0.05, 0) is 80.4 Å². The Balaban J connectivity index is 1.54. The van der Waals surface area contributed by atoms with Gasteiger partial charge in [0.1, 0.15) is 0 Å². The van der Waals surface area contributed by atoms with E-state index < -0.39 is 15.8 Å². The first-order chi connectivity index (χ1) is 14.6. The highest BCUT2D eigenvalue weighted by Gasteiger charge is 2.49. The van der Waals surface area contributed by atoms with Gasteiger partial charge in [0.05, 0.1) is 10.5 Å². The minimum absolute atomic E-state index is 0.129. The molecular weight excluding hydrogens is 412 g/mol. The van der Waals surface area contributed by atoms with Gasteiger partial charge < -0.3 is 15.3 Å². The Morgan fingerprint density at radius 1 is 1.23 bits per heavy atom. The summed E-state index contributed by atoms with van der Waals surface area (Å²) >= 11 is 0. The molecule has 31 heavy (non-hydrogen) atoms. The SMILES string of the molecule is CN1CCC2(C)c3cc(C(=O)O)ccc3CC1C2NCCc1ccc(S(C)(=O)=O)cc1. The molecule has 7 heteroatoms. The first-order valence-corrected chi connectivity index (χ1v) is 12.6. The third-order valence-electron chi connectivity index (χ3n) is 7.15. The number of nitrogens with one attached hydrogen (secondary N) is 1. The Labute approximate surface area is 184 Å². The minimum atomic E-state index is -3.18. The van der Waals surface area contributed by atoms with E-state index in [1.807, 2.05) is 24.3 Å². The van der Waals surface area contributed by atoms with Crippen LogP contribution in [0.5, 0.6) is 0 Å². The Morgan fingerprint density at radius 3 is 2.58 bits per heavy atom. The molecule has 2 aliphatic rings. The van der Waals surface area contributed by atoms with Crippen LogP contribution in [0.1, 0.15) is 40.4 Å². The van der Waals surface area contributed by atoms with Crippen molar-refractivity contribution in [3.8, 4) is 0 Å². The van der Waals surface area contributed by atoms with Crippen molar-refractivity contribution in [1.29, 1.82) is 0 Å². The third-order valence-corrected chi connectivity index (χ3v) is 8.28. The van der Waals surface area contributed by atoms with E-state index in [9.17, 15) is 18.3 Å². The number of likely N-dealkylation sites (tertiary alicyclic amines) is 1. The number of rotatable bonds is 6. The molecule has 3 unspecified atom stereocenters. The average Bonchev–Trinajstić information content (AvgIpc) is 2.72. The topological polar surface area (TPSA) is 86.7 Å².